The highest BCUT2D eigenvalue weighted by molar-refractivity contribution is 7.98. The predicted molar refractivity (Wildman–Crippen MR) is 58.5 cm³/mol. The Labute approximate surface area is 88.1 Å². The standard InChI is InChI=1S/C10H13ClOS/c1-10(2,12)9-7(11)5-4-6-8(9)13-3/h4-6,12H,1-3H3. The van der Waals surface area contributed by atoms with Crippen LogP contribution in [0.4, 0.5) is 0 Å². The van der Waals surface area contributed by atoms with Crippen LogP contribution in [0.5, 0.6) is 0 Å². The zero-order valence-electron chi connectivity index (χ0n) is 7.97. The number of hydrogen-bond acceptors (Lipinski definition) is 2. The van der Waals surface area contributed by atoms with Crippen molar-refractivity contribution in [2.24, 2.45) is 0 Å². The van der Waals surface area contributed by atoms with Crippen LogP contribution < -0.4 is 0 Å². The van der Waals surface area contributed by atoms with Crippen LogP contribution in [-0.2, 0) is 5.60 Å². The molecule has 0 spiro atoms. The summed E-state index contributed by atoms with van der Waals surface area (Å²) < 4.78 is 0. The maximum atomic E-state index is 9.88. The molecule has 0 fully saturated rings. The summed E-state index contributed by atoms with van der Waals surface area (Å²) in [5.41, 5.74) is -0.0689. The van der Waals surface area contributed by atoms with E-state index in [0.717, 1.165) is 10.5 Å². The minimum Gasteiger partial charge on any atom is -0.386 e. The maximum Gasteiger partial charge on any atom is 0.0865 e. The van der Waals surface area contributed by atoms with Crippen LogP contribution in [0.15, 0.2) is 23.1 Å². The Morgan fingerprint density at radius 3 is 2.38 bits per heavy atom. The fraction of sp³-hybridized carbons (Fsp3) is 0.400. The molecule has 72 valence electrons. The average molecular weight is 217 g/mol. The van der Waals surface area contributed by atoms with Gasteiger partial charge in [-0.3, -0.25) is 0 Å². The highest BCUT2D eigenvalue weighted by Gasteiger charge is 2.22. The molecule has 0 saturated carbocycles. The van der Waals surface area contributed by atoms with Gasteiger partial charge in [0.15, 0.2) is 0 Å². The maximum absolute atomic E-state index is 9.88. The van der Waals surface area contributed by atoms with Gasteiger partial charge in [-0.1, -0.05) is 17.7 Å². The van der Waals surface area contributed by atoms with E-state index in [4.69, 9.17) is 11.6 Å². The Kier molecular flexibility index (Phi) is 3.28. The summed E-state index contributed by atoms with van der Waals surface area (Å²) in [5.74, 6) is 0. The van der Waals surface area contributed by atoms with Gasteiger partial charge in [-0.25, -0.2) is 0 Å². The topological polar surface area (TPSA) is 20.2 Å². The number of benzene rings is 1. The fourth-order valence-electron chi connectivity index (χ4n) is 1.27. The third kappa shape index (κ3) is 2.39. The van der Waals surface area contributed by atoms with E-state index in [1.54, 1.807) is 31.7 Å². The van der Waals surface area contributed by atoms with Crippen LogP contribution in [0.3, 0.4) is 0 Å². The summed E-state index contributed by atoms with van der Waals surface area (Å²) >= 11 is 7.61. The van der Waals surface area contributed by atoms with Crippen LogP contribution in [-0.4, -0.2) is 11.4 Å². The minimum absolute atomic E-state index is 0.624. The molecule has 0 aliphatic rings. The first-order valence-electron chi connectivity index (χ1n) is 4.02. The van der Waals surface area contributed by atoms with E-state index in [-0.39, 0.29) is 0 Å². The van der Waals surface area contributed by atoms with E-state index in [0.29, 0.717) is 5.02 Å². The minimum atomic E-state index is -0.878. The third-order valence-electron chi connectivity index (χ3n) is 1.81. The summed E-state index contributed by atoms with van der Waals surface area (Å²) in [6, 6.07) is 5.65. The first-order valence-corrected chi connectivity index (χ1v) is 5.62. The molecule has 0 aliphatic heterocycles. The first kappa shape index (κ1) is 10.9. The molecule has 0 radical (unpaired) electrons. The Hall–Kier alpha value is -0.180. The lowest BCUT2D eigenvalue weighted by atomic mass is 9.98. The normalized spacial score (nSPS) is 11.8. The Balaban J connectivity index is 3.32. The van der Waals surface area contributed by atoms with Gasteiger partial charge in [0.05, 0.1) is 5.60 Å². The Morgan fingerprint density at radius 2 is 2.00 bits per heavy atom. The average Bonchev–Trinajstić information content (AvgIpc) is 2.01. The molecule has 0 heterocycles. The molecule has 0 aliphatic carbocycles. The molecule has 1 aromatic rings. The van der Waals surface area contributed by atoms with Crippen molar-refractivity contribution in [3.63, 3.8) is 0 Å². The Bertz CT molecular complexity index is 304. The van der Waals surface area contributed by atoms with Gasteiger partial charge in [0.25, 0.3) is 0 Å². The summed E-state index contributed by atoms with van der Waals surface area (Å²) in [7, 11) is 0. The van der Waals surface area contributed by atoms with Gasteiger partial charge >= 0.3 is 0 Å². The number of thioether (sulfide) groups is 1. The van der Waals surface area contributed by atoms with Gasteiger partial charge in [0, 0.05) is 15.5 Å². The smallest absolute Gasteiger partial charge is 0.0865 e. The van der Waals surface area contributed by atoms with Gasteiger partial charge in [-0.2, -0.15) is 0 Å². The molecule has 13 heavy (non-hydrogen) atoms. The van der Waals surface area contributed by atoms with Gasteiger partial charge in [-0.05, 0) is 32.2 Å². The fourth-order valence-corrected chi connectivity index (χ4v) is 2.51. The molecular weight excluding hydrogens is 204 g/mol. The summed E-state index contributed by atoms with van der Waals surface area (Å²) in [4.78, 5) is 1.03. The number of halogens is 1. The molecule has 0 saturated heterocycles. The van der Waals surface area contributed by atoms with Crippen molar-refractivity contribution in [1.29, 1.82) is 0 Å². The number of hydrogen-bond donors (Lipinski definition) is 1. The lowest BCUT2D eigenvalue weighted by molar-refractivity contribution is 0.0759. The van der Waals surface area contributed by atoms with Crippen molar-refractivity contribution in [3.8, 4) is 0 Å². The van der Waals surface area contributed by atoms with E-state index < -0.39 is 5.60 Å². The molecule has 0 aromatic heterocycles. The lowest BCUT2D eigenvalue weighted by Crippen LogP contribution is -2.17. The zero-order chi connectivity index (χ0) is 10.1. The van der Waals surface area contributed by atoms with E-state index in [9.17, 15) is 5.11 Å². The molecule has 0 unspecified atom stereocenters. The molecule has 0 amide bonds. The van der Waals surface area contributed by atoms with Crippen molar-refractivity contribution in [1.82, 2.24) is 0 Å². The molecule has 1 aromatic carbocycles. The second kappa shape index (κ2) is 3.91. The van der Waals surface area contributed by atoms with Crippen molar-refractivity contribution in [2.45, 2.75) is 24.3 Å². The van der Waals surface area contributed by atoms with Crippen molar-refractivity contribution >= 4 is 23.4 Å². The summed E-state index contributed by atoms with van der Waals surface area (Å²) in [5, 5.41) is 10.5. The van der Waals surface area contributed by atoms with Gasteiger partial charge in [0.2, 0.25) is 0 Å². The molecule has 1 nitrogen and oxygen atoms in total. The number of rotatable bonds is 2. The van der Waals surface area contributed by atoms with Gasteiger partial charge in [0.1, 0.15) is 0 Å². The van der Waals surface area contributed by atoms with Crippen LogP contribution in [0.25, 0.3) is 0 Å². The molecule has 3 heteroatoms. The highest BCUT2D eigenvalue weighted by Crippen LogP contribution is 2.35. The van der Waals surface area contributed by atoms with Crippen LogP contribution in [0.2, 0.25) is 5.02 Å². The monoisotopic (exact) mass is 216 g/mol. The van der Waals surface area contributed by atoms with Gasteiger partial charge < -0.3 is 5.11 Å². The number of aliphatic hydroxyl groups is 1. The zero-order valence-corrected chi connectivity index (χ0v) is 9.54. The van der Waals surface area contributed by atoms with E-state index >= 15 is 0 Å². The van der Waals surface area contributed by atoms with Crippen molar-refractivity contribution in [2.75, 3.05) is 6.26 Å². The predicted octanol–water partition coefficient (Wildman–Crippen LogP) is 3.29. The highest BCUT2D eigenvalue weighted by atomic mass is 35.5. The molecular formula is C10H13ClOS. The van der Waals surface area contributed by atoms with Crippen molar-refractivity contribution in [3.05, 3.63) is 28.8 Å². The molecule has 0 atom stereocenters. The van der Waals surface area contributed by atoms with E-state index in [1.807, 2.05) is 18.4 Å². The SMILES string of the molecule is CSc1cccc(Cl)c1C(C)(C)O. The Morgan fingerprint density at radius 1 is 1.38 bits per heavy atom. The van der Waals surface area contributed by atoms with Crippen LogP contribution in [0, 0.1) is 0 Å². The quantitative estimate of drug-likeness (QED) is 0.766. The van der Waals surface area contributed by atoms with Crippen LogP contribution in [0.1, 0.15) is 19.4 Å². The van der Waals surface area contributed by atoms with Crippen LogP contribution >= 0.6 is 23.4 Å². The summed E-state index contributed by atoms with van der Waals surface area (Å²) in [6.07, 6.45) is 1.97. The van der Waals surface area contributed by atoms with E-state index in [2.05, 4.69) is 0 Å². The van der Waals surface area contributed by atoms with Gasteiger partial charge in [-0.15, -0.1) is 11.8 Å². The summed E-state index contributed by atoms with van der Waals surface area (Å²) in [6.45, 7) is 3.49. The molecule has 0 bridgehead atoms. The van der Waals surface area contributed by atoms with Crippen molar-refractivity contribution < 1.29 is 5.11 Å². The molecule has 1 N–H and O–H groups in total. The first-order chi connectivity index (χ1) is 5.96. The second-order valence-electron chi connectivity index (χ2n) is 3.38. The molecule has 1 rings (SSSR count). The largest absolute Gasteiger partial charge is 0.386 e. The third-order valence-corrected chi connectivity index (χ3v) is 2.90. The van der Waals surface area contributed by atoms with E-state index in [1.165, 1.54) is 0 Å². The lowest BCUT2D eigenvalue weighted by Gasteiger charge is -2.22. The second-order valence-corrected chi connectivity index (χ2v) is 4.63.